The first-order chi connectivity index (χ1) is 14.1. The van der Waals surface area contributed by atoms with E-state index in [2.05, 4.69) is 33.8 Å². The van der Waals surface area contributed by atoms with Crippen molar-refractivity contribution in [1.82, 2.24) is 0 Å². The molecule has 0 bridgehead atoms. The number of allylic oxidation sites excluding steroid dienone is 1. The number of rotatable bonds is 7. The highest BCUT2D eigenvalue weighted by Crippen LogP contribution is 2.28. The lowest BCUT2D eigenvalue weighted by atomic mass is 10.00. The molecule has 0 aromatic heterocycles. The Balaban J connectivity index is 0.000000325. The molecular formula is C25H36N2O3. The number of aliphatic carboxylic acids is 1. The van der Waals surface area contributed by atoms with Gasteiger partial charge in [0.15, 0.2) is 0 Å². The zero-order valence-corrected chi connectivity index (χ0v) is 18.9. The number of aryl methyl sites for hydroxylation is 2. The maximum absolute atomic E-state index is 10.2. The molecule has 0 saturated carbocycles. The summed E-state index contributed by atoms with van der Waals surface area (Å²) in [6.45, 7) is 10.4. The average molecular weight is 413 g/mol. The van der Waals surface area contributed by atoms with Crippen LogP contribution in [0.25, 0.3) is 5.76 Å². The minimum absolute atomic E-state index is 0.133. The molecule has 30 heavy (non-hydrogen) atoms. The Morgan fingerprint density at radius 1 is 1.07 bits per heavy atom. The summed E-state index contributed by atoms with van der Waals surface area (Å²) in [5.74, 6) is 0.122. The van der Waals surface area contributed by atoms with Gasteiger partial charge in [-0.05, 0) is 75.9 Å². The van der Waals surface area contributed by atoms with Crippen LogP contribution in [0.5, 0.6) is 0 Å². The number of ether oxygens (including phenoxy) is 1. The normalized spacial score (nSPS) is 11.4. The monoisotopic (exact) mass is 412 g/mol. The lowest BCUT2D eigenvalue weighted by Crippen LogP contribution is -2.18. The van der Waals surface area contributed by atoms with Crippen LogP contribution in [0.15, 0.2) is 48.5 Å². The van der Waals surface area contributed by atoms with Crippen LogP contribution in [0.2, 0.25) is 0 Å². The Bertz CT molecular complexity index is 852. The van der Waals surface area contributed by atoms with Gasteiger partial charge < -0.3 is 21.3 Å². The number of anilines is 2. The van der Waals surface area contributed by atoms with Gasteiger partial charge in [-0.1, -0.05) is 37.6 Å². The fourth-order valence-corrected chi connectivity index (χ4v) is 2.91. The third-order valence-electron chi connectivity index (χ3n) is 4.26. The highest BCUT2D eigenvalue weighted by atomic mass is 16.5. The van der Waals surface area contributed by atoms with Crippen LogP contribution < -0.4 is 11.5 Å². The van der Waals surface area contributed by atoms with Gasteiger partial charge in [0, 0.05) is 23.4 Å². The van der Waals surface area contributed by atoms with Gasteiger partial charge in [-0.2, -0.15) is 0 Å². The van der Waals surface area contributed by atoms with Crippen LogP contribution in [-0.4, -0.2) is 16.7 Å². The number of nitrogen functional groups attached to an aromatic ring is 2. The van der Waals surface area contributed by atoms with Crippen molar-refractivity contribution in [2.24, 2.45) is 0 Å². The largest absolute Gasteiger partial charge is 0.488 e. The van der Waals surface area contributed by atoms with Crippen molar-refractivity contribution >= 4 is 23.1 Å². The molecule has 5 nitrogen and oxygen atoms in total. The van der Waals surface area contributed by atoms with E-state index in [1.54, 1.807) is 6.07 Å². The second kappa shape index (κ2) is 11.9. The van der Waals surface area contributed by atoms with Crippen molar-refractivity contribution in [3.8, 4) is 0 Å². The number of benzene rings is 2. The second-order valence-corrected chi connectivity index (χ2v) is 8.13. The molecular weight excluding hydrogens is 376 g/mol. The van der Waals surface area contributed by atoms with Crippen LogP contribution in [0.1, 0.15) is 64.2 Å². The van der Waals surface area contributed by atoms with Gasteiger partial charge in [-0.25, -0.2) is 0 Å². The Kier molecular flexibility index (Phi) is 9.96. The fraction of sp³-hybridized carbons (Fsp3) is 0.400. The molecule has 0 amide bonds. The summed E-state index contributed by atoms with van der Waals surface area (Å²) >= 11 is 0. The third kappa shape index (κ3) is 9.03. The summed E-state index contributed by atoms with van der Waals surface area (Å²) in [7, 11) is 0. The number of nitrogens with two attached hydrogens (primary N) is 2. The number of hydrogen-bond acceptors (Lipinski definition) is 4. The smallest absolute Gasteiger partial charge is 0.303 e. The topological polar surface area (TPSA) is 98.6 Å². The van der Waals surface area contributed by atoms with Crippen molar-refractivity contribution in [2.45, 2.75) is 65.9 Å². The molecule has 0 aliphatic rings. The molecule has 2 aromatic carbocycles. The average Bonchev–Trinajstić information content (AvgIpc) is 2.67. The van der Waals surface area contributed by atoms with Crippen molar-refractivity contribution in [3.63, 3.8) is 0 Å². The second-order valence-electron chi connectivity index (χ2n) is 8.13. The van der Waals surface area contributed by atoms with E-state index in [1.807, 2.05) is 43.3 Å². The molecule has 2 aromatic rings. The summed E-state index contributed by atoms with van der Waals surface area (Å²) in [5, 5.41) is 8.42. The van der Waals surface area contributed by atoms with Gasteiger partial charge in [0.2, 0.25) is 0 Å². The Morgan fingerprint density at radius 3 is 2.27 bits per heavy atom. The number of hydrogen-bond donors (Lipinski definition) is 3. The summed E-state index contributed by atoms with van der Waals surface area (Å²) in [6.07, 6.45) is 4.80. The quantitative estimate of drug-likeness (QED) is 0.401. The maximum atomic E-state index is 10.2. The predicted molar refractivity (Wildman–Crippen MR) is 126 cm³/mol. The maximum Gasteiger partial charge on any atom is 0.303 e. The van der Waals surface area contributed by atoms with E-state index in [9.17, 15) is 4.79 Å². The molecule has 5 heteroatoms. The van der Waals surface area contributed by atoms with Gasteiger partial charge in [-0.3, -0.25) is 4.79 Å². The van der Waals surface area contributed by atoms with E-state index in [4.69, 9.17) is 21.3 Å². The first-order valence-corrected chi connectivity index (χ1v) is 10.4. The van der Waals surface area contributed by atoms with E-state index >= 15 is 0 Å². The number of carboxylic acid groups (broad SMARTS) is 1. The fourth-order valence-electron chi connectivity index (χ4n) is 2.91. The van der Waals surface area contributed by atoms with Gasteiger partial charge in [-0.15, -0.1) is 0 Å². The van der Waals surface area contributed by atoms with Gasteiger partial charge in [0.25, 0.3) is 0 Å². The van der Waals surface area contributed by atoms with E-state index in [0.29, 0.717) is 12.1 Å². The molecule has 0 radical (unpaired) electrons. The lowest BCUT2D eigenvalue weighted by molar-refractivity contribution is -0.136. The Morgan fingerprint density at radius 2 is 1.73 bits per heavy atom. The molecule has 0 fully saturated rings. The van der Waals surface area contributed by atoms with Crippen LogP contribution >= 0.6 is 0 Å². The molecule has 0 atom stereocenters. The SMILES string of the molecule is C/C=C(/OC(C)(C)C)c1cc(N)ccc1CCC.Nc1ccccc1CCC(=O)O. The Labute approximate surface area is 180 Å². The molecule has 0 saturated heterocycles. The van der Waals surface area contributed by atoms with E-state index in [1.165, 1.54) is 5.56 Å². The van der Waals surface area contributed by atoms with Crippen LogP contribution in [0, 0.1) is 0 Å². The number of carboxylic acids is 1. The standard InChI is InChI=1S/C16H25NO.C9H11NO2/c1-6-8-12-9-10-13(17)11-14(12)15(7-2)18-16(3,4)5;10-8-4-2-1-3-7(8)5-6-9(11)12/h7,9-11H,6,8,17H2,1-5H3;1-4H,5-6,10H2,(H,11,12)/b15-7+;. The van der Waals surface area contributed by atoms with Crippen LogP contribution in [0.3, 0.4) is 0 Å². The lowest BCUT2D eigenvalue weighted by Gasteiger charge is -2.25. The van der Waals surface area contributed by atoms with Crippen molar-refractivity contribution in [3.05, 3.63) is 65.2 Å². The molecule has 2 rings (SSSR count). The zero-order valence-electron chi connectivity index (χ0n) is 18.9. The molecule has 0 heterocycles. The first-order valence-electron chi connectivity index (χ1n) is 10.4. The Hall–Kier alpha value is -2.95. The highest BCUT2D eigenvalue weighted by Gasteiger charge is 2.16. The minimum atomic E-state index is -0.793. The molecule has 0 aliphatic carbocycles. The molecule has 0 aliphatic heterocycles. The van der Waals surface area contributed by atoms with Gasteiger partial charge in [0.1, 0.15) is 11.4 Å². The van der Waals surface area contributed by atoms with Crippen molar-refractivity contribution in [2.75, 3.05) is 11.5 Å². The van der Waals surface area contributed by atoms with Gasteiger partial charge in [0.05, 0.1) is 0 Å². The number of carbonyl (C=O) groups is 1. The van der Waals surface area contributed by atoms with Crippen LogP contribution in [0.4, 0.5) is 11.4 Å². The van der Waals surface area contributed by atoms with E-state index in [-0.39, 0.29) is 12.0 Å². The van der Waals surface area contributed by atoms with Gasteiger partial charge >= 0.3 is 5.97 Å². The highest BCUT2D eigenvalue weighted by molar-refractivity contribution is 5.68. The third-order valence-corrected chi connectivity index (χ3v) is 4.26. The zero-order chi connectivity index (χ0) is 22.7. The predicted octanol–water partition coefficient (Wildman–Crippen LogP) is 5.68. The van der Waals surface area contributed by atoms with E-state index in [0.717, 1.165) is 35.4 Å². The van der Waals surface area contributed by atoms with Crippen LogP contribution in [-0.2, 0) is 22.4 Å². The molecule has 164 valence electrons. The summed E-state index contributed by atoms with van der Waals surface area (Å²) in [5.41, 5.74) is 16.1. The summed E-state index contributed by atoms with van der Waals surface area (Å²) < 4.78 is 6.02. The van der Waals surface area contributed by atoms with Crippen molar-refractivity contribution < 1.29 is 14.6 Å². The molecule has 0 spiro atoms. The first kappa shape index (κ1) is 25.1. The summed E-state index contributed by atoms with van der Waals surface area (Å²) in [6, 6.07) is 13.4. The molecule has 5 N–H and O–H groups in total. The minimum Gasteiger partial charge on any atom is -0.488 e. The molecule has 0 unspecified atom stereocenters. The van der Waals surface area contributed by atoms with E-state index < -0.39 is 5.97 Å². The number of para-hydroxylation sites is 1. The summed E-state index contributed by atoms with van der Waals surface area (Å²) in [4.78, 5) is 10.2. The van der Waals surface area contributed by atoms with Crippen molar-refractivity contribution in [1.29, 1.82) is 0 Å².